The number of hydrogen-bond acceptors (Lipinski definition) is 7. The molecule has 0 fully saturated rings. The fourth-order valence-electron chi connectivity index (χ4n) is 5.69. The maximum atomic E-state index is 13.4. The monoisotopic (exact) mass is 590 g/mol. The van der Waals surface area contributed by atoms with Crippen molar-refractivity contribution in [3.63, 3.8) is 0 Å². The Balaban J connectivity index is 1.56. The van der Waals surface area contributed by atoms with Gasteiger partial charge in [-0.25, -0.2) is 0 Å². The second kappa shape index (κ2) is 14.1. The third-order valence-electron chi connectivity index (χ3n) is 7.70. The molecule has 0 unspecified atom stereocenters. The molecule has 2 amide bonds. The minimum absolute atomic E-state index is 0.0442. The number of benzene rings is 1. The van der Waals surface area contributed by atoms with Crippen molar-refractivity contribution in [2.45, 2.75) is 65.1 Å². The Bertz CT molecular complexity index is 1530. The molecule has 230 valence electrons. The van der Waals surface area contributed by atoms with Crippen LogP contribution in [0.15, 0.2) is 47.4 Å². The topological polar surface area (TPSA) is 120 Å². The van der Waals surface area contributed by atoms with Gasteiger partial charge in [0.1, 0.15) is 0 Å². The van der Waals surface area contributed by atoms with Gasteiger partial charge in [0.15, 0.2) is 11.5 Å². The summed E-state index contributed by atoms with van der Waals surface area (Å²) in [6.07, 6.45) is 4.10. The standard InChI is InChI=1S/C33H42N4O6/c1-20(2)37-16-8-9-23(37)19-35-30(40)10-7-15-34-27-14-12-24-25(18-28(27)39)26(36-21(3)38)13-11-22-17-29(41-4)32(42-5)33(43-6)31(22)24/h8-9,12,14,16-18,20,26H,7,10-11,13,15,19H2,1-6H3,(H,34,39)(H,35,40)(H,36,38)/t26-/m0/s1. The summed E-state index contributed by atoms with van der Waals surface area (Å²) in [6.45, 7) is 6.59. The smallest absolute Gasteiger partial charge is 0.220 e. The van der Waals surface area contributed by atoms with Gasteiger partial charge in [0.2, 0.25) is 23.0 Å². The fraction of sp³-hybridized carbons (Fsp3) is 0.424. The van der Waals surface area contributed by atoms with Crippen LogP contribution in [-0.2, 0) is 22.6 Å². The lowest BCUT2D eigenvalue weighted by Gasteiger charge is -2.19. The van der Waals surface area contributed by atoms with E-state index in [1.54, 1.807) is 33.5 Å². The zero-order valence-corrected chi connectivity index (χ0v) is 25.8. The van der Waals surface area contributed by atoms with E-state index in [1.165, 1.54) is 6.92 Å². The van der Waals surface area contributed by atoms with Crippen LogP contribution < -0.4 is 35.6 Å². The molecule has 1 atom stereocenters. The lowest BCUT2D eigenvalue weighted by atomic mass is 9.95. The minimum atomic E-state index is -0.380. The molecule has 0 radical (unpaired) electrons. The first-order chi connectivity index (χ1) is 20.7. The third kappa shape index (κ3) is 7.13. The van der Waals surface area contributed by atoms with Crippen LogP contribution in [0.25, 0.3) is 11.1 Å². The van der Waals surface area contributed by atoms with Crippen molar-refractivity contribution >= 4 is 17.5 Å². The Labute approximate surface area is 252 Å². The summed E-state index contributed by atoms with van der Waals surface area (Å²) in [4.78, 5) is 38.1. The molecule has 10 heteroatoms. The molecule has 0 spiro atoms. The number of anilines is 1. The molecule has 43 heavy (non-hydrogen) atoms. The number of carbonyl (C=O) groups excluding carboxylic acids is 2. The number of fused-ring (bicyclic) bond motifs is 3. The molecule has 4 rings (SSSR count). The van der Waals surface area contributed by atoms with Gasteiger partial charge in [-0.1, -0.05) is 6.07 Å². The fourth-order valence-corrected chi connectivity index (χ4v) is 5.69. The number of nitrogens with zero attached hydrogens (tertiary/aromatic N) is 1. The first-order valence-corrected chi connectivity index (χ1v) is 14.6. The van der Waals surface area contributed by atoms with Crippen molar-refractivity contribution in [3.05, 3.63) is 69.6 Å². The van der Waals surface area contributed by atoms with Crippen LogP contribution in [0.1, 0.15) is 68.9 Å². The molecule has 0 aliphatic heterocycles. The average molecular weight is 591 g/mol. The Hall–Kier alpha value is -4.47. The van der Waals surface area contributed by atoms with E-state index in [9.17, 15) is 14.4 Å². The van der Waals surface area contributed by atoms with E-state index in [0.29, 0.717) is 73.3 Å². The SMILES string of the molecule is COc1cc2c(c(OC)c1OC)-c1ccc(NCCCC(=O)NCc3cccn3C(C)C)c(=O)cc1[C@@H](NC(C)=O)CC2. The van der Waals surface area contributed by atoms with Crippen molar-refractivity contribution in [1.29, 1.82) is 0 Å². The molecular formula is C33H42N4O6. The summed E-state index contributed by atoms with van der Waals surface area (Å²) in [6, 6.07) is 11.1. The molecule has 0 bridgehead atoms. The van der Waals surface area contributed by atoms with E-state index in [2.05, 4.69) is 34.4 Å². The maximum Gasteiger partial charge on any atom is 0.220 e. The Kier molecular flexibility index (Phi) is 10.3. The predicted molar refractivity (Wildman–Crippen MR) is 167 cm³/mol. The number of aromatic nitrogens is 1. The summed E-state index contributed by atoms with van der Waals surface area (Å²) >= 11 is 0. The van der Waals surface area contributed by atoms with Gasteiger partial charge in [0.25, 0.3) is 0 Å². The summed E-state index contributed by atoms with van der Waals surface area (Å²) in [7, 11) is 4.70. The molecule has 1 aliphatic rings. The van der Waals surface area contributed by atoms with E-state index >= 15 is 0 Å². The molecule has 1 aromatic heterocycles. The Morgan fingerprint density at radius 1 is 1.05 bits per heavy atom. The van der Waals surface area contributed by atoms with E-state index in [-0.39, 0.29) is 23.3 Å². The molecular weight excluding hydrogens is 548 g/mol. The van der Waals surface area contributed by atoms with Crippen molar-refractivity contribution in [2.24, 2.45) is 0 Å². The Morgan fingerprint density at radius 3 is 2.49 bits per heavy atom. The van der Waals surface area contributed by atoms with Gasteiger partial charge in [-0.05, 0) is 80.1 Å². The summed E-state index contributed by atoms with van der Waals surface area (Å²) < 4.78 is 19.2. The largest absolute Gasteiger partial charge is 0.493 e. The van der Waals surface area contributed by atoms with E-state index < -0.39 is 0 Å². The average Bonchev–Trinajstić information content (AvgIpc) is 3.34. The van der Waals surface area contributed by atoms with Gasteiger partial charge in [-0.15, -0.1) is 0 Å². The van der Waals surface area contributed by atoms with Gasteiger partial charge in [-0.3, -0.25) is 14.4 Å². The highest BCUT2D eigenvalue weighted by Gasteiger charge is 2.29. The first-order valence-electron chi connectivity index (χ1n) is 14.6. The highest BCUT2D eigenvalue weighted by Crippen LogP contribution is 2.50. The summed E-state index contributed by atoms with van der Waals surface area (Å²) in [5.74, 6) is 1.27. The van der Waals surface area contributed by atoms with Gasteiger partial charge in [-0.2, -0.15) is 0 Å². The normalized spacial score (nSPS) is 13.8. The van der Waals surface area contributed by atoms with Crippen LogP contribution in [0.2, 0.25) is 0 Å². The van der Waals surface area contributed by atoms with Crippen LogP contribution in [-0.4, -0.2) is 44.3 Å². The highest BCUT2D eigenvalue weighted by atomic mass is 16.5. The molecule has 3 aromatic rings. The lowest BCUT2D eigenvalue weighted by molar-refractivity contribution is -0.121. The number of rotatable bonds is 12. The van der Waals surface area contributed by atoms with Crippen LogP contribution in [0.3, 0.4) is 0 Å². The molecule has 1 heterocycles. The van der Waals surface area contributed by atoms with E-state index in [1.807, 2.05) is 30.5 Å². The van der Waals surface area contributed by atoms with Crippen LogP contribution in [0.5, 0.6) is 17.2 Å². The maximum absolute atomic E-state index is 13.4. The van der Waals surface area contributed by atoms with Crippen LogP contribution in [0.4, 0.5) is 5.69 Å². The molecule has 0 saturated carbocycles. The van der Waals surface area contributed by atoms with Gasteiger partial charge in [0, 0.05) is 43.4 Å². The number of amides is 2. The zero-order valence-electron chi connectivity index (χ0n) is 25.8. The number of carbonyl (C=O) groups is 2. The Morgan fingerprint density at radius 2 is 1.81 bits per heavy atom. The summed E-state index contributed by atoms with van der Waals surface area (Å²) in [5, 5.41) is 9.21. The quantitative estimate of drug-likeness (QED) is 0.260. The lowest BCUT2D eigenvalue weighted by Crippen LogP contribution is -2.26. The van der Waals surface area contributed by atoms with Gasteiger partial charge in [0.05, 0.1) is 39.6 Å². The number of nitrogens with one attached hydrogen (secondary N) is 3. The first kappa shape index (κ1) is 31.5. The molecule has 2 aromatic carbocycles. The van der Waals surface area contributed by atoms with Gasteiger partial charge < -0.3 is 34.7 Å². The van der Waals surface area contributed by atoms with Crippen molar-refractivity contribution in [3.8, 4) is 28.4 Å². The second-order valence-corrected chi connectivity index (χ2v) is 10.9. The number of ether oxygens (including phenoxy) is 3. The van der Waals surface area contributed by atoms with Crippen LogP contribution in [0, 0.1) is 0 Å². The van der Waals surface area contributed by atoms with E-state index in [0.717, 1.165) is 22.4 Å². The van der Waals surface area contributed by atoms with E-state index in [4.69, 9.17) is 14.2 Å². The number of hydrogen-bond donors (Lipinski definition) is 3. The number of aryl methyl sites for hydroxylation is 1. The minimum Gasteiger partial charge on any atom is -0.493 e. The van der Waals surface area contributed by atoms with Gasteiger partial charge >= 0.3 is 0 Å². The predicted octanol–water partition coefficient (Wildman–Crippen LogP) is 4.75. The number of methoxy groups -OCH3 is 3. The molecule has 10 nitrogen and oxygen atoms in total. The molecule has 0 saturated heterocycles. The van der Waals surface area contributed by atoms with Crippen molar-refractivity contribution < 1.29 is 23.8 Å². The second-order valence-electron chi connectivity index (χ2n) is 10.9. The summed E-state index contributed by atoms with van der Waals surface area (Å²) in [5.41, 5.74) is 4.47. The zero-order chi connectivity index (χ0) is 31.1. The third-order valence-corrected chi connectivity index (χ3v) is 7.70. The van der Waals surface area contributed by atoms with Crippen molar-refractivity contribution in [2.75, 3.05) is 33.2 Å². The highest BCUT2D eigenvalue weighted by molar-refractivity contribution is 5.83. The van der Waals surface area contributed by atoms with Crippen molar-refractivity contribution in [1.82, 2.24) is 15.2 Å². The molecule has 3 N–H and O–H groups in total. The van der Waals surface area contributed by atoms with Crippen LogP contribution >= 0.6 is 0 Å². The molecule has 1 aliphatic carbocycles.